The summed E-state index contributed by atoms with van der Waals surface area (Å²) in [6.45, 7) is 4.04. The van der Waals surface area contributed by atoms with Gasteiger partial charge in [0.05, 0.1) is 11.1 Å². The fourth-order valence-corrected chi connectivity index (χ4v) is 3.06. The van der Waals surface area contributed by atoms with Gasteiger partial charge >= 0.3 is 5.69 Å². The number of aromatic nitrogens is 2. The van der Waals surface area contributed by atoms with E-state index in [1.165, 1.54) is 21.9 Å². The van der Waals surface area contributed by atoms with Gasteiger partial charge in [0.15, 0.2) is 0 Å². The first-order valence-electron chi connectivity index (χ1n) is 7.80. The number of hydrogen-bond donors (Lipinski definition) is 1. The number of halogens is 1. The number of anilines is 1. The molecular formula is C18H16IN5O2. The maximum atomic E-state index is 11.0. The highest BCUT2D eigenvalue weighted by Gasteiger charge is 2.13. The third kappa shape index (κ3) is 3.74. The Bertz CT molecular complexity index is 980. The molecule has 2 heterocycles. The molecule has 0 aliphatic carbocycles. The van der Waals surface area contributed by atoms with Crippen molar-refractivity contribution < 1.29 is 4.92 Å². The number of hydrogen-bond acceptors (Lipinski definition) is 5. The van der Waals surface area contributed by atoms with Crippen molar-refractivity contribution in [3.63, 3.8) is 0 Å². The van der Waals surface area contributed by atoms with Crippen LogP contribution in [0.4, 0.5) is 11.5 Å². The molecule has 8 heteroatoms. The normalized spacial score (nSPS) is 11.0. The molecule has 0 aliphatic heterocycles. The van der Waals surface area contributed by atoms with Crippen LogP contribution in [-0.4, -0.2) is 20.7 Å². The standard InChI is InChI=1S/C18H16IN5O2/c1-12-10-14(13(2)23(12)16-7-5-15(19)6-8-16)11-21-22-18-17(24(25)26)4-3-9-20-18/h3-11H,1-2H3,(H,20,22)/b21-11-. The Kier molecular flexibility index (Phi) is 5.31. The Balaban J connectivity index is 1.85. The van der Waals surface area contributed by atoms with Crippen LogP contribution >= 0.6 is 22.6 Å². The van der Waals surface area contributed by atoms with E-state index in [1.54, 1.807) is 6.21 Å². The topological polar surface area (TPSA) is 85.3 Å². The predicted molar refractivity (Wildman–Crippen MR) is 110 cm³/mol. The van der Waals surface area contributed by atoms with Gasteiger partial charge < -0.3 is 4.57 Å². The molecule has 0 amide bonds. The number of nitro groups is 1. The first kappa shape index (κ1) is 18.1. The second-order valence-electron chi connectivity index (χ2n) is 5.64. The molecule has 0 atom stereocenters. The summed E-state index contributed by atoms with van der Waals surface area (Å²) in [4.78, 5) is 14.5. The average molecular weight is 461 g/mol. The van der Waals surface area contributed by atoms with Crippen molar-refractivity contribution in [2.45, 2.75) is 13.8 Å². The molecule has 0 radical (unpaired) electrons. The molecule has 1 N–H and O–H groups in total. The lowest BCUT2D eigenvalue weighted by atomic mass is 10.2. The quantitative estimate of drug-likeness (QED) is 0.263. The van der Waals surface area contributed by atoms with Crippen LogP contribution < -0.4 is 5.43 Å². The number of nitrogens with zero attached hydrogens (tertiary/aromatic N) is 4. The third-order valence-corrected chi connectivity index (χ3v) is 4.63. The molecule has 0 saturated carbocycles. The Morgan fingerprint density at radius 2 is 2.00 bits per heavy atom. The molecule has 132 valence electrons. The molecule has 2 aromatic heterocycles. The molecule has 1 aromatic carbocycles. The largest absolute Gasteiger partial charge is 0.318 e. The SMILES string of the molecule is Cc1cc(/C=N\Nc2ncccc2[N+](=O)[O-])c(C)n1-c1ccc(I)cc1. The van der Waals surface area contributed by atoms with Gasteiger partial charge in [0, 0.05) is 38.5 Å². The summed E-state index contributed by atoms with van der Waals surface area (Å²) in [5, 5.41) is 15.1. The minimum atomic E-state index is -0.493. The summed E-state index contributed by atoms with van der Waals surface area (Å²) in [6, 6.07) is 13.2. The van der Waals surface area contributed by atoms with Crippen molar-refractivity contribution in [3.05, 3.63) is 79.3 Å². The van der Waals surface area contributed by atoms with E-state index in [4.69, 9.17) is 0 Å². The fraction of sp³-hybridized carbons (Fsp3) is 0.111. The van der Waals surface area contributed by atoms with Gasteiger partial charge in [-0.25, -0.2) is 4.98 Å². The van der Waals surface area contributed by atoms with E-state index in [0.29, 0.717) is 0 Å². The molecule has 0 bridgehead atoms. The van der Waals surface area contributed by atoms with Crippen molar-refractivity contribution in [2.24, 2.45) is 5.10 Å². The van der Waals surface area contributed by atoms with Crippen LogP contribution in [0.2, 0.25) is 0 Å². The van der Waals surface area contributed by atoms with Crippen molar-refractivity contribution in [1.82, 2.24) is 9.55 Å². The first-order chi connectivity index (χ1) is 12.5. The number of aryl methyl sites for hydroxylation is 1. The van der Waals surface area contributed by atoms with Crippen LogP contribution in [0.1, 0.15) is 17.0 Å². The van der Waals surface area contributed by atoms with Crippen LogP contribution in [0, 0.1) is 27.5 Å². The highest BCUT2D eigenvalue weighted by molar-refractivity contribution is 14.1. The summed E-state index contributed by atoms with van der Waals surface area (Å²) < 4.78 is 3.32. The second kappa shape index (κ2) is 7.65. The number of benzene rings is 1. The predicted octanol–water partition coefficient (Wildman–Crippen LogP) is 4.45. The number of nitrogens with one attached hydrogen (secondary N) is 1. The zero-order chi connectivity index (χ0) is 18.7. The van der Waals surface area contributed by atoms with Crippen LogP contribution in [0.3, 0.4) is 0 Å². The van der Waals surface area contributed by atoms with E-state index in [9.17, 15) is 10.1 Å². The van der Waals surface area contributed by atoms with Crippen LogP contribution in [-0.2, 0) is 0 Å². The number of hydrazone groups is 1. The van der Waals surface area contributed by atoms with Crippen molar-refractivity contribution in [2.75, 3.05) is 5.43 Å². The van der Waals surface area contributed by atoms with Gasteiger partial charge in [-0.15, -0.1) is 0 Å². The lowest BCUT2D eigenvalue weighted by Gasteiger charge is -2.09. The fourth-order valence-electron chi connectivity index (χ4n) is 2.70. The van der Waals surface area contributed by atoms with E-state index in [2.05, 4.69) is 66.9 Å². The number of pyridine rings is 1. The van der Waals surface area contributed by atoms with Gasteiger partial charge in [-0.2, -0.15) is 5.10 Å². The molecule has 3 aromatic rings. The van der Waals surface area contributed by atoms with Crippen molar-refractivity contribution in [1.29, 1.82) is 0 Å². The van der Waals surface area contributed by atoms with E-state index in [0.717, 1.165) is 22.6 Å². The highest BCUT2D eigenvalue weighted by atomic mass is 127. The van der Waals surface area contributed by atoms with Gasteiger partial charge in [-0.3, -0.25) is 15.5 Å². The lowest BCUT2D eigenvalue weighted by Crippen LogP contribution is -2.00. The van der Waals surface area contributed by atoms with Gasteiger partial charge in [-0.1, -0.05) is 0 Å². The third-order valence-electron chi connectivity index (χ3n) is 3.91. The van der Waals surface area contributed by atoms with E-state index < -0.39 is 4.92 Å². The second-order valence-corrected chi connectivity index (χ2v) is 6.88. The summed E-state index contributed by atoms with van der Waals surface area (Å²) in [7, 11) is 0. The molecule has 0 saturated heterocycles. The average Bonchev–Trinajstić information content (AvgIpc) is 2.90. The molecule has 7 nitrogen and oxygen atoms in total. The Morgan fingerprint density at radius 1 is 1.27 bits per heavy atom. The molecule has 26 heavy (non-hydrogen) atoms. The minimum Gasteiger partial charge on any atom is -0.318 e. The van der Waals surface area contributed by atoms with E-state index in [-0.39, 0.29) is 11.5 Å². The molecule has 0 spiro atoms. The zero-order valence-electron chi connectivity index (χ0n) is 14.2. The number of rotatable bonds is 5. The first-order valence-corrected chi connectivity index (χ1v) is 8.88. The Hall–Kier alpha value is -2.75. The lowest BCUT2D eigenvalue weighted by molar-refractivity contribution is -0.384. The molecule has 0 fully saturated rings. The smallest absolute Gasteiger partial charge is 0.313 e. The summed E-state index contributed by atoms with van der Waals surface area (Å²) in [5.41, 5.74) is 6.65. The molecule has 3 rings (SSSR count). The van der Waals surface area contributed by atoms with Gasteiger partial charge in [0.25, 0.3) is 0 Å². The van der Waals surface area contributed by atoms with Gasteiger partial charge in [-0.05, 0) is 72.8 Å². The van der Waals surface area contributed by atoms with Gasteiger partial charge in [0.2, 0.25) is 5.82 Å². The van der Waals surface area contributed by atoms with Crippen LogP contribution in [0.25, 0.3) is 5.69 Å². The van der Waals surface area contributed by atoms with Gasteiger partial charge in [0.1, 0.15) is 0 Å². The Morgan fingerprint density at radius 3 is 2.69 bits per heavy atom. The molecule has 0 aliphatic rings. The molecular weight excluding hydrogens is 445 g/mol. The summed E-state index contributed by atoms with van der Waals surface area (Å²) >= 11 is 2.28. The maximum absolute atomic E-state index is 11.0. The summed E-state index contributed by atoms with van der Waals surface area (Å²) in [5.74, 6) is 0.111. The monoisotopic (exact) mass is 461 g/mol. The van der Waals surface area contributed by atoms with Crippen LogP contribution in [0.5, 0.6) is 0 Å². The Labute approximate surface area is 164 Å². The van der Waals surface area contributed by atoms with E-state index >= 15 is 0 Å². The maximum Gasteiger partial charge on any atom is 0.313 e. The molecule has 0 unspecified atom stereocenters. The van der Waals surface area contributed by atoms with E-state index in [1.807, 2.05) is 19.9 Å². The minimum absolute atomic E-state index is 0.111. The van der Waals surface area contributed by atoms with Crippen molar-refractivity contribution in [3.8, 4) is 5.69 Å². The van der Waals surface area contributed by atoms with Crippen molar-refractivity contribution >= 4 is 40.3 Å². The van der Waals surface area contributed by atoms with Crippen LogP contribution in [0.15, 0.2) is 53.8 Å². The zero-order valence-corrected chi connectivity index (χ0v) is 16.3. The highest BCUT2D eigenvalue weighted by Crippen LogP contribution is 2.22. The summed E-state index contributed by atoms with van der Waals surface area (Å²) in [6.07, 6.45) is 3.12.